The summed E-state index contributed by atoms with van der Waals surface area (Å²) in [5, 5.41) is 3.91. The summed E-state index contributed by atoms with van der Waals surface area (Å²) >= 11 is 5.94. The van der Waals surface area contributed by atoms with Crippen molar-refractivity contribution in [2.75, 3.05) is 11.1 Å². The first-order valence-electron chi connectivity index (χ1n) is 5.08. The van der Waals surface area contributed by atoms with Crippen molar-refractivity contribution in [2.45, 2.75) is 6.54 Å². The molecular formula is C13H13ClN2. The highest BCUT2D eigenvalue weighted by Crippen LogP contribution is 2.20. The first-order valence-corrected chi connectivity index (χ1v) is 5.46. The van der Waals surface area contributed by atoms with E-state index in [1.54, 1.807) is 0 Å². The van der Waals surface area contributed by atoms with Crippen molar-refractivity contribution in [3.63, 3.8) is 0 Å². The molecule has 0 saturated heterocycles. The fourth-order valence-corrected chi connectivity index (χ4v) is 1.64. The van der Waals surface area contributed by atoms with Crippen LogP contribution in [0.3, 0.4) is 0 Å². The van der Waals surface area contributed by atoms with Gasteiger partial charge in [0.15, 0.2) is 0 Å². The van der Waals surface area contributed by atoms with Crippen LogP contribution in [0.4, 0.5) is 11.4 Å². The van der Waals surface area contributed by atoms with E-state index in [0.29, 0.717) is 10.7 Å². The van der Waals surface area contributed by atoms with Crippen LogP contribution in [-0.4, -0.2) is 0 Å². The van der Waals surface area contributed by atoms with Crippen molar-refractivity contribution in [3.05, 3.63) is 59.1 Å². The first-order chi connectivity index (χ1) is 7.75. The number of para-hydroxylation sites is 1. The molecule has 0 bridgehead atoms. The Morgan fingerprint density at radius 2 is 1.81 bits per heavy atom. The Kier molecular flexibility index (Phi) is 3.32. The number of anilines is 2. The molecule has 0 aromatic heterocycles. The SMILES string of the molecule is Nc1ccc(CNc2ccccc2)cc1Cl. The first kappa shape index (κ1) is 10.8. The van der Waals surface area contributed by atoms with E-state index in [4.69, 9.17) is 17.3 Å². The van der Waals surface area contributed by atoms with Gasteiger partial charge in [0.05, 0.1) is 10.7 Å². The molecule has 2 rings (SSSR count). The van der Waals surface area contributed by atoms with Crippen LogP contribution in [0.15, 0.2) is 48.5 Å². The lowest BCUT2D eigenvalue weighted by Gasteiger charge is -2.07. The van der Waals surface area contributed by atoms with Crippen LogP contribution in [0.1, 0.15) is 5.56 Å². The monoisotopic (exact) mass is 232 g/mol. The zero-order chi connectivity index (χ0) is 11.4. The predicted molar refractivity (Wildman–Crippen MR) is 69.6 cm³/mol. The minimum absolute atomic E-state index is 0.604. The van der Waals surface area contributed by atoms with Gasteiger partial charge >= 0.3 is 0 Å². The molecule has 16 heavy (non-hydrogen) atoms. The number of nitrogen functional groups attached to an aromatic ring is 1. The minimum atomic E-state index is 0.604. The summed E-state index contributed by atoms with van der Waals surface area (Å²) in [4.78, 5) is 0. The van der Waals surface area contributed by atoms with Gasteiger partial charge in [0.25, 0.3) is 0 Å². The van der Waals surface area contributed by atoms with E-state index in [2.05, 4.69) is 5.32 Å². The number of hydrogen-bond donors (Lipinski definition) is 2. The van der Waals surface area contributed by atoms with E-state index in [9.17, 15) is 0 Å². The smallest absolute Gasteiger partial charge is 0.0638 e. The molecular weight excluding hydrogens is 220 g/mol. The molecule has 2 nitrogen and oxygen atoms in total. The van der Waals surface area contributed by atoms with Gasteiger partial charge in [-0.15, -0.1) is 0 Å². The van der Waals surface area contributed by atoms with E-state index in [-0.39, 0.29) is 0 Å². The number of benzene rings is 2. The molecule has 3 heteroatoms. The van der Waals surface area contributed by atoms with E-state index in [1.165, 1.54) is 0 Å². The highest BCUT2D eigenvalue weighted by molar-refractivity contribution is 6.33. The zero-order valence-electron chi connectivity index (χ0n) is 8.78. The lowest BCUT2D eigenvalue weighted by Crippen LogP contribution is -1.99. The molecule has 0 fully saturated rings. The zero-order valence-corrected chi connectivity index (χ0v) is 9.54. The largest absolute Gasteiger partial charge is 0.398 e. The Labute approximate surface area is 100 Å². The second kappa shape index (κ2) is 4.90. The summed E-state index contributed by atoms with van der Waals surface area (Å²) in [7, 11) is 0. The lowest BCUT2D eigenvalue weighted by atomic mass is 10.2. The van der Waals surface area contributed by atoms with Crippen LogP contribution >= 0.6 is 11.6 Å². The molecule has 0 heterocycles. The predicted octanol–water partition coefficient (Wildman–Crippen LogP) is 3.53. The van der Waals surface area contributed by atoms with Gasteiger partial charge in [-0.25, -0.2) is 0 Å². The van der Waals surface area contributed by atoms with Crippen LogP contribution in [0.5, 0.6) is 0 Å². The normalized spacial score (nSPS) is 10.1. The molecule has 0 aliphatic carbocycles. The Balaban J connectivity index is 2.03. The highest BCUT2D eigenvalue weighted by Gasteiger charge is 1.98. The summed E-state index contributed by atoms with van der Waals surface area (Å²) in [6, 6.07) is 15.7. The van der Waals surface area contributed by atoms with Gasteiger partial charge < -0.3 is 11.1 Å². The van der Waals surface area contributed by atoms with Crippen molar-refractivity contribution in [3.8, 4) is 0 Å². The lowest BCUT2D eigenvalue weighted by molar-refractivity contribution is 1.15. The van der Waals surface area contributed by atoms with Crippen LogP contribution in [0.2, 0.25) is 5.02 Å². The fraction of sp³-hybridized carbons (Fsp3) is 0.0769. The summed E-state index contributed by atoms with van der Waals surface area (Å²) in [5.74, 6) is 0. The molecule has 0 spiro atoms. The highest BCUT2D eigenvalue weighted by atomic mass is 35.5. The number of nitrogens with two attached hydrogens (primary N) is 1. The summed E-state index contributed by atoms with van der Waals surface area (Å²) in [5.41, 5.74) is 8.47. The van der Waals surface area contributed by atoms with Crippen LogP contribution < -0.4 is 11.1 Å². The topological polar surface area (TPSA) is 38.0 Å². The Hall–Kier alpha value is -1.67. The van der Waals surface area contributed by atoms with Gasteiger partial charge in [-0.05, 0) is 29.8 Å². The molecule has 2 aromatic carbocycles. The third-order valence-electron chi connectivity index (χ3n) is 2.34. The molecule has 0 aliphatic rings. The Morgan fingerprint density at radius 1 is 1.06 bits per heavy atom. The van der Waals surface area contributed by atoms with Gasteiger partial charge in [0, 0.05) is 12.2 Å². The van der Waals surface area contributed by atoms with Crippen molar-refractivity contribution in [1.29, 1.82) is 0 Å². The van der Waals surface area contributed by atoms with Crippen molar-refractivity contribution in [2.24, 2.45) is 0 Å². The summed E-state index contributed by atoms with van der Waals surface area (Å²) < 4.78 is 0. The third kappa shape index (κ3) is 2.67. The molecule has 2 aromatic rings. The third-order valence-corrected chi connectivity index (χ3v) is 2.66. The minimum Gasteiger partial charge on any atom is -0.398 e. The van der Waals surface area contributed by atoms with Gasteiger partial charge in [-0.3, -0.25) is 0 Å². The molecule has 0 atom stereocenters. The van der Waals surface area contributed by atoms with E-state index < -0.39 is 0 Å². The fourth-order valence-electron chi connectivity index (χ4n) is 1.44. The molecule has 0 saturated carbocycles. The molecule has 3 N–H and O–H groups in total. The van der Waals surface area contributed by atoms with Crippen molar-refractivity contribution >= 4 is 23.0 Å². The van der Waals surface area contributed by atoms with Crippen LogP contribution in [0.25, 0.3) is 0 Å². The van der Waals surface area contributed by atoms with E-state index >= 15 is 0 Å². The van der Waals surface area contributed by atoms with Gasteiger partial charge in [0.1, 0.15) is 0 Å². The van der Waals surface area contributed by atoms with Gasteiger partial charge in [0.2, 0.25) is 0 Å². The quantitative estimate of drug-likeness (QED) is 0.795. The average molecular weight is 233 g/mol. The maximum atomic E-state index is 5.94. The number of halogens is 1. The van der Waals surface area contributed by atoms with Crippen molar-refractivity contribution in [1.82, 2.24) is 0 Å². The maximum Gasteiger partial charge on any atom is 0.0638 e. The second-order valence-corrected chi connectivity index (χ2v) is 3.98. The Bertz CT molecular complexity index is 469. The standard InChI is InChI=1S/C13H13ClN2/c14-12-8-10(6-7-13(12)15)9-16-11-4-2-1-3-5-11/h1-8,16H,9,15H2. The number of rotatable bonds is 3. The molecule has 0 aliphatic heterocycles. The summed E-state index contributed by atoms with van der Waals surface area (Å²) in [6.07, 6.45) is 0. The van der Waals surface area contributed by atoms with Crippen LogP contribution in [0, 0.1) is 0 Å². The summed E-state index contributed by atoms with van der Waals surface area (Å²) in [6.45, 7) is 0.740. The van der Waals surface area contributed by atoms with E-state index in [0.717, 1.165) is 17.8 Å². The van der Waals surface area contributed by atoms with Crippen LogP contribution in [-0.2, 0) is 6.54 Å². The second-order valence-electron chi connectivity index (χ2n) is 3.58. The maximum absolute atomic E-state index is 5.94. The number of hydrogen-bond acceptors (Lipinski definition) is 2. The number of nitrogens with one attached hydrogen (secondary N) is 1. The Morgan fingerprint density at radius 3 is 2.50 bits per heavy atom. The average Bonchev–Trinajstić information content (AvgIpc) is 2.32. The molecule has 0 unspecified atom stereocenters. The van der Waals surface area contributed by atoms with Crippen molar-refractivity contribution < 1.29 is 0 Å². The molecule has 82 valence electrons. The van der Waals surface area contributed by atoms with Gasteiger partial charge in [-0.2, -0.15) is 0 Å². The molecule has 0 radical (unpaired) electrons. The van der Waals surface area contributed by atoms with E-state index in [1.807, 2.05) is 48.5 Å². The molecule has 0 amide bonds. The van der Waals surface area contributed by atoms with Gasteiger partial charge in [-0.1, -0.05) is 35.9 Å².